The highest BCUT2D eigenvalue weighted by molar-refractivity contribution is 5.68. The van der Waals surface area contributed by atoms with E-state index in [9.17, 15) is 4.79 Å². The SMILES string of the molecule is CC(C)(C)OC(=O)N1CCC2(CC1)CN(c1ccccc1)C2. The minimum atomic E-state index is -0.410. The molecular weight excluding hydrogens is 276 g/mol. The molecule has 2 saturated heterocycles. The average molecular weight is 302 g/mol. The number of amides is 1. The van der Waals surface area contributed by atoms with Gasteiger partial charge in [-0.3, -0.25) is 0 Å². The van der Waals surface area contributed by atoms with Gasteiger partial charge in [-0.15, -0.1) is 0 Å². The fourth-order valence-electron chi connectivity index (χ4n) is 3.39. The number of hydrogen-bond donors (Lipinski definition) is 0. The van der Waals surface area contributed by atoms with Crippen molar-refractivity contribution in [2.75, 3.05) is 31.1 Å². The Balaban J connectivity index is 1.50. The van der Waals surface area contributed by atoms with Crippen LogP contribution in [0, 0.1) is 5.41 Å². The highest BCUT2D eigenvalue weighted by atomic mass is 16.6. The van der Waals surface area contributed by atoms with Crippen LogP contribution >= 0.6 is 0 Å². The van der Waals surface area contributed by atoms with Crippen molar-refractivity contribution < 1.29 is 9.53 Å². The molecule has 1 spiro atoms. The molecule has 4 heteroatoms. The summed E-state index contributed by atoms with van der Waals surface area (Å²) in [6.45, 7) is 9.60. The van der Waals surface area contributed by atoms with Gasteiger partial charge in [0.25, 0.3) is 0 Å². The Labute approximate surface area is 133 Å². The fraction of sp³-hybridized carbons (Fsp3) is 0.611. The van der Waals surface area contributed by atoms with Crippen LogP contribution in [0.1, 0.15) is 33.6 Å². The molecule has 0 aromatic heterocycles. The summed E-state index contributed by atoms with van der Waals surface area (Å²) in [6.07, 6.45) is 1.99. The number of piperidine rings is 1. The molecule has 120 valence electrons. The molecule has 0 radical (unpaired) electrons. The molecule has 0 aliphatic carbocycles. The third kappa shape index (κ3) is 3.21. The van der Waals surface area contributed by atoms with E-state index in [0.717, 1.165) is 39.0 Å². The van der Waals surface area contributed by atoms with Crippen LogP contribution in [0.2, 0.25) is 0 Å². The van der Waals surface area contributed by atoms with Crippen molar-refractivity contribution in [2.45, 2.75) is 39.2 Å². The first kappa shape index (κ1) is 15.2. The van der Waals surface area contributed by atoms with Crippen molar-refractivity contribution in [3.63, 3.8) is 0 Å². The molecule has 2 aliphatic heterocycles. The number of hydrogen-bond acceptors (Lipinski definition) is 3. The number of rotatable bonds is 1. The number of carbonyl (C=O) groups excluding carboxylic acids is 1. The number of nitrogens with zero attached hydrogens (tertiary/aromatic N) is 2. The summed E-state index contributed by atoms with van der Waals surface area (Å²) in [7, 11) is 0. The molecule has 2 fully saturated rings. The van der Waals surface area contributed by atoms with Crippen LogP contribution in [0.4, 0.5) is 10.5 Å². The lowest BCUT2D eigenvalue weighted by Gasteiger charge is -2.55. The van der Waals surface area contributed by atoms with Gasteiger partial charge in [-0.05, 0) is 45.7 Å². The van der Waals surface area contributed by atoms with Crippen molar-refractivity contribution >= 4 is 11.8 Å². The van der Waals surface area contributed by atoms with Crippen LogP contribution in [0.25, 0.3) is 0 Å². The van der Waals surface area contributed by atoms with E-state index in [2.05, 4.69) is 35.2 Å². The summed E-state index contributed by atoms with van der Waals surface area (Å²) >= 11 is 0. The molecule has 1 aromatic carbocycles. The Morgan fingerprint density at radius 3 is 2.23 bits per heavy atom. The normalized spacial score (nSPS) is 20.7. The zero-order valence-electron chi connectivity index (χ0n) is 13.8. The van der Waals surface area contributed by atoms with E-state index >= 15 is 0 Å². The van der Waals surface area contributed by atoms with Gasteiger partial charge in [-0.2, -0.15) is 0 Å². The van der Waals surface area contributed by atoms with Crippen LogP contribution < -0.4 is 4.90 Å². The van der Waals surface area contributed by atoms with Gasteiger partial charge in [0.1, 0.15) is 5.60 Å². The molecule has 0 N–H and O–H groups in total. The van der Waals surface area contributed by atoms with E-state index in [1.807, 2.05) is 25.7 Å². The average Bonchev–Trinajstić information content (AvgIpc) is 2.44. The van der Waals surface area contributed by atoms with E-state index in [4.69, 9.17) is 4.74 Å². The topological polar surface area (TPSA) is 32.8 Å². The third-order valence-corrected chi connectivity index (χ3v) is 4.65. The molecule has 4 nitrogen and oxygen atoms in total. The smallest absolute Gasteiger partial charge is 0.410 e. The maximum Gasteiger partial charge on any atom is 0.410 e. The number of ether oxygens (including phenoxy) is 1. The van der Waals surface area contributed by atoms with Crippen molar-refractivity contribution in [3.05, 3.63) is 30.3 Å². The molecule has 0 saturated carbocycles. The summed E-state index contributed by atoms with van der Waals surface area (Å²) in [5.41, 5.74) is 1.30. The molecule has 1 aromatic rings. The van der Waals surface area contributed by atoms with Gasteiger partial charge in [0.05, 0.1) is 0 Å². The van der Waals surface area contributed by atoms with Crippen molar-refractivity contribution in [2.24, 2.45) is 5.41 Å². The minimum Gasteiger partial charge on any atom is -0.444 e. The van der Waals surface area contributed by atoms with E-state index in [0.29, 0.717) is 5.41 Å². The van der Waals surface area contributed by atoms with Crippen LogP contribution in [0.5, 0.6) is 0 Å². The number of anilines is 1. The Bertz CT molecular complexity index is 520. The van der Waals surface area contributed by atoms with E-state index in [1.165, 1.54) is 5.69 Å². The summed E-state index contributed by atoms with van der Waals surface area (Å²) < 4.78 is 5.46. The van der Waals surface area contributed by atoms with E-state index in [-0.39, 0.29) is 6.09 Å². The lowest BCUT2D eigenvalue weighted by Crippen LogP contribution is -2.61. The zero-order valence-corrected chi connectivity index (χ0v) is 13.8. The lowest BCUT2D eigenvalue weighted by molar-refractivity contribution is 0.00598. The zero-order chi connectivity index (χ0) is 15.8. The van der Waals surface area contributed by atoms with Crippen LogP contribution in [-0.2, 0) is 4.74 Å². The van der Waals surface area contributed by atoms with Gasteiger partial charge in [0, 0.05) is 37.3 Å². The van der Waals surface area contributed by atoms with Gasteiger partial charge >= 0.3 is 6.09 Å². The first-order chi connectivity index (χ1) is 10.4. The van der Waals surface area contributed by atoms with Gasteiger partial charge in [0.2, 0.25) is 0 Å². The lowest BCUT2D eigenvalue weighted by atomic mass is 9.72. The Morgan fingerprint density at radius 2 is 1.68 bits per heavy atom. The van der Waals surface area contributed by atoms with Gasteiger partial charge in [0.15, 0.2) is 0 Å². The number of benzene rings is 1. The quantitative estimate of drug-likeness (QED) is 0.795. The minimum absolute atomic E-state index is 0.165. The second kappa shape index (κ2) is 5.49. The largest absolute Gasteiger partial charge is 0.444 e. The highest BCUT2D eigenvalue weighted by Gasteiger charge is 2.45. The Kier molecular flexibility index (Phi) is 3.79. The summed E-state index contributed by atoms with van der Waals surface area (Å²) in [4.78, 5) is 16.4. The monoisotopic (exact) mass is 302 g/mol. The molecule has 22 heavy (non-hydrogen) atoms. The molecule has 0 atom stereocenters. The van der Waals surface area contributed by atoms with Crippen molar-refractivity contribution in [1.82, 2.24) is 4.90 Å². The molecule has 2 aliphatic rings. The number of likely N-dealkylation sites (tertiary alicyclic amines) is 1. The standard InChI is InChI=1S/C18H26N2O2/c1-17(2,3)22-16(21)19-11-9-18(10-12-19)13-20(14-18)15-7-5-4-6-8-15/h4-8H,9-14H2,1-3H3. The summed E-state index contributed by atoms with van der Waals surface area (Å²) in [5.74, 6) is 0. The van der Waals surface area contributed by atoms with E-state index < -0.39 is 5.60 Å². The number of para-hydroxylation sites is 1. The number of carbonyl (C=O) groups is 1. The second-order valence-corrected chi connectivity index (χ2v) is 7.66. The van der Waals surface area contributed by atoms with Crippen molar-refractivity contribution in [3.8, 4) is 0 Å². The van der Waals surface area contributed by atoms with Gasteiger partial charge in [-0.25, -0.2) is 4.79 Å². The van der Waals surface area contributed by atoms with Crippen molar-refractivity contribution in [1.29, 1.82) is 0 Å². The first-order valence-electron chi connectivity index (χ1n) is 8.15. The molecular formula is C18H26N2O2. The molecule has 3 rings (SSSR count). The molecule has 0 bridgehead atoms. The van der Waals surface area contributed by atoms with Gasteiger partial charge in [-0.1, -0.05) is 18.2 Å². The second-order valence-electron chi connectivity index (χ2n) is 7.66. The van der Waals surface area contributed by atoms with Crippen LogP contribution in [0.3, 0.4) is 0 Å². The third-order valence-electron chi connectivity index (χ3n) is 4.65. The Hall–Kier alpha value is -1.71. The maximum absolute atomic E-state index is 12.1. The fourth-order valence-corrected chi connectivity index (χ4v) is 3.39. The van der Waals surface area contributed by atoms with Gasteiger partial charge < -0.3 is 14.5 Å². The van der Waals surface area contributed by atoms with Crippen LogP contribution in [0.15, 0.2) is 30.3 Å². The molecule has 0 unspecified atom stereocenters. The van der Waals surface area contributed by atoms with E-state index in [1.54, 1.807) is 0 Å². The molecule has 2 heterocycles. The maximum atomic E-state index is 12.1. The predicted octanol–water partition coefficient (Wildman–Crippen LogP) is 3.52. The predicted molar refractivity (Wildman–Crippen MR) is 88.1 cm³/mol. The molecule has 1 amide bonds. The summed E-state index contributed by atoms with van der Waals surface area (Å²) in [6, 6.07) is 10.6. The highest BCUT2D eigenvalue weighted by Crippen LogP contribution is 2.42. The summed E-state index contributed by atoms with van der Waals surface area (Å²) in [5, 5.41) is 0. The van der Waals surface area contributed by atoms with Crippen LogP contribution in [-0.4, -0.2) is 42.8 Å². The first-order valence-corrected chi connectivity index (χ1v) is 8.15. The Morgan fingerprint density at radius 1 is 1.09 bits per heavy atom.